The summed E-state index contributed by atoms with van der Waals surface area (Å²) in [5, 5.41) is 20.6. The number of carbonyl (C=O) groups is 3. The van der Waals surface area contributed by atoms with Gasteiger partial charge in [0.15, 0.2) is 11.6 Å². The summed E-state index contributed by atoms with van der Waals surface area (Å²) in [6.45, 7) is 3.22. The Morgan fingerprint density at radius 2 is 2.00 bits per heavy atom. The lowest BCUT2D eigenvalue weighted by atomic mass is 9.50. The molecule has 146 valence electrons. The van der Waals surface area contributed by atoms with Gasteiger partial charge in [0.1, 0.15) is 18.0 Å². The number of aliphatic hydroxyl groups is 2. The molecule has 0 radical (unpaired) electrons. The van der Waals surface area contributed by atoms with E-state index in [1.54, 1.807) is 12.2 Å². The Hall–Kier alpha value is -1.59. The molecule has 0 unspecified atom stereocenters. The first-order chi connectivity index (χ1) is 12.7. The summed E-state index contributed by atoms with van der Waals surface area (Å²) < 4.78 is 0. The first kappa shape index (κ1) is 18.8. The molecular formula is C22H28O5. The minimum Gasteiger partial charge on any atom is -0.388 e. The Kier molecular flexibility index (Phi) is 4.13. The number of aliphatic hydroxyl groups excluding tert-OH is 1. The fourth-order valence-corrected chi connectivity index (χ4v) is 6.83. The molecule has 3 fully saturated rings. The average Bonchev–Trinajstić information content (AvgIpc) is 2.79. The van der Waals surface area contributed by atoms with Gasteiger partial charge in [-0.3, -0.25) is 14.4 Å². The van der Waals surface area contributed by atoms with Crippen LogP contribution >= 0.6 is 0 Å². The summed E-state index contributed by atoms with van der Waals surface area (Å²) >= 11 is 0. The van der Waals surface area contributed by atoms with Crippen LogP contribution in [0.4, 0.5) is 0 Å². The zero-order valence-electron chi connectivity index (χ0n) is 16.0. The molecule has 0 amide bonds. The van der Waals surface area contributed by atoms with Crippen molar-refractivity contribution >= 4 is 17.3 Å². The molecule has 0 spiro atoms. The van der Waals surface area contributed by atoms with Gasteiger partial charge in [0.25, 0.3) is 0 Å². The van der Waals surface area contributed by atoms with Gasteiger partial charge in [-0.2, -0.15) is 0 Å². The minimum absolute atomic E-state index is 0.0159. The van der Waals surface area contributed by atoms with Gasteiger partial charge in [-0.1, -0.05) is 25.5 Å². The Bertz CT molecular complexity index is 780. The maximum absolute atomic E-state index is 13.4. The normalized spacial score (nSPS) is 46.2. The van der Waals surface area contributed by atoms with Gasteiger partial charge >= 0.3 is 0 Å². The van der Waals surface area contributed by atoms with Gasteiger partial charge in [0.2, 0.25) is 0 Å². The number of Topliss-reactive ketones (excluding diaryl/α,β-unsaturated/α-hetero) is 2. The molecule has 5 nitrogen and oxygen atoms in total. The quantitative estimate of drug-likeness (QED) is 0.775. The lowest BCUT2D eigenvalue weighted by molar-refractivity contribution is -0.167. The Morgan fingerprint density at radius 3 is 2.70 bits per heavy atom. The Morgan fingerprint density at radius 1 is 1.26 bits per heavy atom. The van der Waals surface area contributed by atoms with Crippen LogP contribution in [0.3, 0.4) is 0 Å². The minimum atomic E-state index is -1.63. The second kappa shape index (κ2) is 5.95. The van der Waals surface area contributed by atoms with Crippen LogP contribution in [0, 0.1) is 28.6 Å². The molecule has 4 aliphatic carbocycles. The standard InChI is InChI=1S/C22H28O5/c1-20-8-6-14(24)10-13(20)4-3-5-15-16-7-9-22(27,18(26)12-23)21(16,2)11-17(25)19(15)20/h6,8,10,15-16,19,23,27H,3-5,7,9,11-12H2,1-2H3/t15-,16+,19-,20+,21+,22+/m1/s1. The van der Waals surface area contributed by atoms with E-state index in [1.165, 1.54) is 0 Å². The van der Waals surface area contributed by atoms with Crippen molar-refractivity contribution in [2.24, 2.45) is 28.6 Å². The van der Waals surface area contributed by atoms with Crippen molar-refractivity contribution in [3.8, 4) is 0 Å². The summed E-state index contributed by atoms with van der Waals surface area (Å²) in [4.78, 5) is 37.7. The van der Waals surface area contributed by atoms with Crippen molar-refractivity contribution in [1.82, 2.24) is 0 Å². The number of hydrogen-bond donors (Lipinski definition) is 2. The van der Waals surface area contributed by atoms with Gasteiger partial charge in [0, 0.05) is 23.2 Å². The fourth-order valence-electron chi connectivity index (χ4n) is 6.83. The van der Waals surface area contributed by atoms with Crippen LogP contribution in [0.15, 0.2) is 23.8 Å². The van der Waals surface area contributed by atoms with Crippen LogP contribution in [-0.4, -0.2) is 39.8 Å². The Balaban J connectivity index is 1.79. The largest absolute Gasteiger partial charge is 0.388 e. The first-order valence-corrected chi connectivity index (χ1v) is 10.0. The molecule has 4 aliphatic rings. The maximum atomic E-state index is 13.4. The van der Waals surface area contributed by atoms with E-state index < -0.39 is 28.8 Å². The van der Waals surface area contributed by atoms with E-state index in [1.807, 2.05) is 13.0 Å². The second-order valence-corrected chi connectivity index (χ2v) is 9.37. The van der Waals surface area contributed by atoms with Gasteiger partial charge in [0.05, 0.1) is 0 Å². The Labute approximate surface area is 159 Å². The average molecular weight is 372 g/mol. The predicted molar refractivity (Wildman–Crippen MR) is 98.7 cm³/mol. The van der Waals surface area contributed by atoms with E-state index in [-0.39, 0.29) is 35.7 Å². The molecule has 0 aromatic heterocycles. The molecule has 0 aliphatic heterocycles. The topological polar surface area (TPSA) is 91.7 Å². The molecule has 27 heavy (non-hydrogen) atoms. The van der Waals surface area contributed by atoms with Crippen LogP contribution in [0.25, 0.3) is 0 Å². The van der Waals surface area contributed by atoms with Crippen molar-refractivity contribution < 1.29 is 24.6 Å². The highest BCUT2D eigenvalue weighted by atomic mass is 16.3. The van der Waals surface area contributed by atoms with Gasteiger partial charge in [-0.05, 0) is 56.1 Å². The molecular weight excluding hydrogens is 344 g/mol. The number of carbonyl (C=O) groups excluding carboxylic acids is 3. The molecule has 0 bridgehead atoms. The summed E-state index contributed by atoms with van der Waals surface area (Å²) in [7, 11) is 0. The SMILES string of the molecule is C[C@]12C=CC(=O)C=C1CCC[C@H]1[C@@H]2C(=O)C[C@@]2(C)[C@H]1CC[C@]2(O)C(=O)CO. The van der Waals surface area contributed by atoms with Crippen molar-refractivity contribution in [2.75, 3.05) is 6.61 Å². The third kappa shape index (κ3) is 2.34. The third-order valence-corrected chi connectivity index (χ3v) is 8.25. The monoisotopic (exact) mass is 372 g/mol. The van der Waals surface area contributed by atoms with Crippen LogP contribution in [0.5, 0.6) is 0 Å². The maximum Gasteiger partial charge on any atom is 0.190 e. The molecule has 6 atom stereocenters. The second-order valence-electron chi connectivity index (χ2n) is 9.37. The third-order valence-electron chi connectivity index (χ3n) is 8.25. The first-order valence-electron chi connectivity index (χ1n) is 10.0. The summed E-state index contributed by atoms with van der Waals surface area (Å²) in [5.74, 6) is -0.604. The summed E-state index contributed by atoms with van der Waals surface area (Å²) in [6.07, 6.45) is 8.88. The van der Waals surface area contributed by atoms with Crippen molar-refractivity contribution in [3.63, 3.8) is 0 Å². The van der Waals surface area contributed by atoms with Gasteiger partial charge in [-0.25, -0.2) is 0 Å². The summed E-state index contributed by atoms with van der Waals surface area (Å²) in [5.41, 5.74) is -1.88. The van der Waals surface area contributed by atoms with Crippen LogP contribution in [0.2, 0.25) is 0 Å². The number of allylic oxidation sites excluding steroid dienone is 4. The lowest BCUT2D eigenvalue weighted by Gasteiger charge is -2.53. The molecule has 0 heterocycles. The number of ketones is 3. The van der Waals surface area contributed by atoms with Crippen molar-refractivity contribution in [2.45, 2.75) is 58.0 Å². The number of hydrogen-bond acceptors (Lipinski definition) is 5. The smallest absolute Gasteiger partial charge is 0.190 e. The van der Waals surface area contributed by atoms with Crippen LogP contribution < -0.4 is 0 Å². The molecule has 5 heteroatoms. The van der Waals surface area contributed by atoms with E-state index in [4.69, 9.17) is 0 Å². The molecule has 0 saturated heterocycles. The van der Waals surface area contributed by atoms with Crippen molar-refractivity contribution in [1.29, 1.82) is 0 Å². The fraction of sp³-hybridized carbons (Fsp3) is 0.682. The summed E-state index contributed by atoms with van der Waals surface area (Å²) in [6, 6.07) is 0. The molecule has 0 aromatic rings. The molecule has 0 aromatic carbocycles. The molecule has 4 rings (SSSR count). The van der Waals surface area contributed by atoms with E-state index in [9.17, 15) is 24.6 Å². The predicted octanol–water partition coefficient (Wildman–Crippen LogP) is 2.16. The van der Waals surface area contributed by atoms with Crippen LogP contribution in [0.1, 0.15) is 52.4 Å². The highest BCUT2D eigenvalue weighted by Crippen LogP contribution is 2.65. The van der Waals surface area contributed by atoms with E-state index in [0.717, 1.165) is 24.8 Å². The van der Waals surface area contributed by atoms with Crippen molar-refractivity contribution in [3.05, 3.63) is 23.8 Å². The zero-order valence-corrected chi connectivity index (χ0v) is 16.0. The van der Waals surface area contributed by atoms with Crippen LogP contribution in [-0.2, 0) is 14.4 Å². The van der Waals surface area contributed by atoms with E-state index in [0.29, 0.717) is 12.8 Å². The van der Waals surface area contributed by atoms with E-state index >= 15 is 0 Å². The number of rotatable bonds is 2. The number of fused-ring (bicyclic) bond motifs is 5. The van der Waals surface area contributed by atoms with E-state index in [2.05, 4.69) is 6.92 Å². The highest BCUT2D eigenvalue weighted by Gasteiger charge is 2.67. The molecule has 3 saturated carbocycles. The highest BCUT2D eigenvalue weighted by molar-refractivity contribution is 6.01. The zero-order chi connectivity index (χ0) is 19.6. The van der Waals surface area contributed by atoms with Gasteiger partial charge < -0.3 is 10.2 Å². The molecule has 2 N–H and O–H groups in total. The lowest BCUT2D eigenvalue weighted by Crippen LogP contribution is -2.59. The van der Waals surface area contributed by atoms with Gasteiger partial charge in [-0.15, -0.1) is 0 Å².